The zero-order chi connectivity index (χ0) is 12.3. The van der Waals surface area contributed by atoms with Crippen LogP contribution in [0, 0.1) is 0 Å². The van der Waals surface area contributed by atoms with Crippen LogP contribution < -0.4 is 0 Å². The van der Waals surface area contributed by atoms with Crippen molar-refractivity contribution in [2.24, 2.45) is 0 Å². The molecular formula is C11H18BrNO3. The Morgan fingerprint density at radius 3 is 2.56 bits per heavy atom. The van der Waals surface area contributed by atoms with Crippen LogP contribution >= 0.6 is 15.9 Å². The number of rotatable bonds is 2. The third kappa shape index (κ3) is 3.47. The average Bonchev–Trinajstić information content (AvgIpc) is 2.62. The zero-order valence-corrected chi connectivity index (χ0v) is 11.5. The number of carbonyl (C=O) groups excluding carboxylic acids is 2. The standard InChI is InChI=1S/C11H18BrNO3/c1-11(2,3)16-10(15)13-6-4-5-8(13)9(14)7-12/h8H,4-7H2,1-3H3/t8-/m1/s1. The third-order valence-electron chi connectivity index (χ3n) is 2.38. The van der Waals surface area contributed by atoms with E-state index in [-0.39, 0.29) is 23.2 Å². The van der Waals surface area contributed by atoms with Crippen molar-refractivity contribution < 1.29 is 14.3 Å². The normalized spacial score (nSPS) is 21.0. The molecule has 1 aliphatic rings. The number of hydrogen-bond donors (Lipinski definition) is 0. The van der Waals surface area contributed by atoms with Crippen molar-refractivity contribution in [1.29, 1.82) is 0 Å². The number of Topliss-reactive ketones (excluding diaryl/α,β-unsaturated/α-hetero) is 1. The maximum atomic E-state index is 11.8. The SMILES string of the molecule is CC(C)(C)OC(=O)N1CCC[C@@H]1C(=O)CBr. The molecule has 1 heterocycles. The molecule has 0 unspecified atom stereocenters. The van der Waals surface area contributed by atoms with Crippen LogP contribution in [0.5, 0.6) is 0 Å². The van der Waals surface area contributed by atoms with Crippen LogP contribution in [0.3, 0.4) is 0 Å². The molecule has 1 amide bonds. The highest BCUT2D eigenvalue weighted by Crippen LogP contribution is 2.21. The molecule has 0 aromatic heterocycles. The summed E-state index contributed by atoms with van der Waals surface area (Å²) in [6.07, 6.45) is 1.22. The van der Waals surface area contributed by atoms with Crippen LogP contribution in [0.4, 0.5) is 4.79 Å². The van der Waals surface area contributed by atoms with Gasteiger partial charge >= 0.3 is 6.09 Å². The molecule has 92 valence electrons. The molecule has 0 aromatic carbocycles. The lowest BCUT2D eigenvalue weighted by Crippen LogP contribution is -2.43. The van der Waals surface area contributed by atoms with E-state index in [4.69, 9.17) is 4.74 Å². The second-order valence-corrected chi connectivity index (χ2v) is 5.49. The highest BCUT2D eigenvalue weighted by Gasteiger charge is 2.35. The van der Waals surface area contributed by atoms with Crippen molar-refractivity contribution in [3.05, 3.63) is 0 Å². The van der Waals surface area contributed by atoms with E-state index < -0.39 is 5.60 Å². The lowest BCUT2D eigenvalue weighted by Gasteiger charge is -2.27. The Hall–Kier alpha value is -0.580. The number of ketones is 1. The van der Waals surface area contributed by atoms with Crippen LogP contribution in [0.15, 0.2) is 0 Å². The Balaban J connectivity index is 2.65. The monoisotopic (exact) mass is 291 g/mol. The Kier molecular flexibility index (Phi) is 4.35. The molecule has 0 spiro atoms. The Labute approximate surface area is 104 Å². The van der Waals surface area contributed by atoms with Gasteiger partial charge in [-0.2, -0.15) is 0 Å². The molecule has 1 rings (SSSR count). The summed E-state index contributed by atoms with van der Waals surface area (Å²) in [5.41, 5.74) is -0.512. The van der Waals surface area contributed by atoms with E-state index in [1.54, 1.807) is 0 Å². The van der Waals surface area contributed by atoms with Gasteiger partial charge in [0.25, 0.3) is 0 Å². The van der Waals surface area contributed by atoms with Gasteiger partial charge in [-0.25, -0.2) is 4.79 Å². The third-order valence-corrected chi connectivity index (χ3v) is 2.94. The number of hydrogen-bond acceptors (Lipinski definition) is 3. The fourth-order valence-electron chi connectivity index (χ4n) is 1.73. The average molecular weight is 292 g/mol. The first-order chi connectivity index (χ1) is 7.35. The maximum absolute atomic E-state index is 11.8. The predicted octanol–water partition coefficient (Wildman–Crippen LogP) is 2.35. The van der Waals surface area contributed by atoms with Crippen LogP contribution in [0.1, 0.15) is 33.6 Å². The van der Waals surface area contributed by atoms with Crippen molar-refractivity contribution in [2.75, 3.05) is 11.9 Å². The van der Waals surface area contributed by atoms with E-state index in [1.165, 1.54) is 4.90 Å². The predicted molar refractivity (Wildman–Crippen MR) is 64.8 cm³/mol. The molecule has 0 radical (unpaired) electrons. The fraction of sp³-hybridized carbons (Fsp3) is 0.818. The lowest BCUT2D eigenvalue weighted by molar-refractivity contribution is -0.120. The van der Waals surface area contributed by atoms with Gasteiger partial charge < -0.3 is 4.74 Å². The number of likely N-dealkylation sites (tertiary alicyclic amines) is 1. The van der Waals surface area contributed by atoms with E-state index in [0.29, 0.717) is 6.54 Å². The Morgan fingerprint density at radius 2 is 2.06 bits per heavy atom. The first kappa shape index (κ1) is 13.5. The molecule has 5 heteroatoms. The minimum absolute atomic E-state index is 0.0448. The number of ether oxygens (including phenoxy) is 1. The first-order valence-electron chi connectivity index (χ1n) is 5.43. The second-order valence-electron chi connectivity index (χ2n) is 4.93. The van der Waals surface area contributed by atoms with Crippen LogP contribution in [-0.4, -0.2) is 40.3 Å². The van der Waals surface area contributed by atoms with E-state index in [9.17, 15) is 9.59 Å². The van der Waals surface area contributed by atoms with Gasteiger partial charge in [0, 0.05) is 6.54 Å². The molecule has 0 aromatic rings. The number of amides is 1. The summed E-state index contributed by atoms with van der Waals surface area (Å²) < 4.78 is 5.27. The van der Waals surface area contributed by atoms with Crippen molar-refractivity contribution in [3.8, 4) is 0 Å². The summed E-state index contributed by atoms with van der Waals surface area (Å²) in [5.74, 6) is 0.0448. The Morgan fingerprint density at radius 1 is 1.44 bits per heavy atom. The van der Waals surface area contributed by atoms with Crippen LogP contribution in [0.25, 0.3) is 0 Å². The molecule has 0 saturated carbocycles. The largest absolute Gasteiger partial charge is 0.444 e. The van der Waals surface area contributed by atoms with Gasteiger partial charge in [0.05, 0.1) is 11.4 Å². The Bertz CT molecular complexity index is 285. The lowest BCUT2D eigenvalue weighted by atomic mass is 10.1. The van der Waals surface area contributed by atoms with Crippen LogP contribution in [0.2, 0.25) is 0 Å². The summed E-state index contributed by atoms with van der Waals surface area (Å²) >= 11 is 3.13. The van der Waals surface area contributed by atoms with Gasteiger partial charge in [0.1, 0.15) is 5.60 Å². The molecule has 0 N–H and O–H groups in total. The van der Waals surface area contributed by atoms with E-state index in [0.717, 1.165) is 12.8 Å². The van der Waals surface area contributed by atoms with Gasteiger partial charge in [-0.1, -0.05) is 15.9 Å². The molecule has 4 nitrogen and oxygen atoms in total. The number of nitrogens with zero attached hydrogens (tertiary/aromatic N) is 1. The van der Waals surface area contributed by atoms with E-state index in [2.05, 4.69) is 15.9 Å². The minimum atomic E-state index is -0.512. The summed E-state index contributed by atoms with van der Waals surface area (Å²) in [5, 5.41) is 0.289. The van der Waals surface area contributed by atoms with E-state index >= 15 is 0 Å². The molecule has 1 saturated heterocycles. The molecule has 1 fully saturated rings. The molecule has 0 bridgehead atoms. The minimum Gasteiger partial charge on any atom is -0.444 e. The molecular weight excluding hydrogens is 274 g/mol. The molecule has 0 aliphatic carbocycles. The quantitative estimate of drug-likeness (QED) is 0.734. The van der Waals surface area contributed by atoms with Crippen molar-refractivity contribution >= 4 is 27.8 Å². The van der Waals surface area contributed by atoms with Gasteiger partial charge in [0.15, 0.2) is 5.78 Å². The van der Waals surface area contributed by atoms with Gasteiger partial charge in [0.2, 0.25) is 0 Å². The molecule has 1 atom stereocenters. The highest BCUT2D eigenvalue weighted by atomic mass is 79.9. The number of alkyl halides is 1. The van der Waals surface area contributed by atoms with Gasteiger partial charge in [-0.05, 0) is 33.6 Å². The molecule has 16 heavy (non-hydrogen) atoms. The maximum Gasteiger partial charge on any atom is 0.410 e. The summed E-state index contributed by atoms with van der Waals surface area (Å²) in [6.45, 7) is 6.07. The van der Waals surface area contributed by atoms with Gasteiger partial charge in [-0.15, -0.1) is 0 Å². The smallest absolute Gasteiger partial charge is 0.410 e. The zero-order valence-electron chi connectivity index (χ0n) is 9.96. The van der Waals surface area contributed by atoms with Crippen molar-refractivity contribution in [2.45, 2.75) is 45.3 Å². The topological polar surface area (TPSA) is 46.6 Å². The second kappa shape index (κ2) is 5.17. The highest BCUT2D eigenvalue weighted by molar-refractivity contribution is 9.09. The summed E-state index contributed by atoms with van der Waals surface area (Å²) in [4.78, 5) is 25.0. The first-order valence-corrected chi connectivity index (χ1v) is 6.55. The van der Waals surface area contributed by atoms with E-state index in [1.807, 2.05) is 20.8 Å². The number of halogens is 1. The van der Waals surface area contributed by atoms with Crippen molar-refractivity contribution in [3.63, 3.8) is 0 Å². The summed E-state index contributed by atoms with van der Waals surface area (Å²) in [6, 6.07) is -0.311. The fourth-order valence-corrected chi connectivity index (χ4v) is 2.10. The van der Waals surface area contributed by atoms with Crippen molar-refractivity contribution in [1.82, 2.24) is 4.90 Å². The van der Waals surface area contributed by atoms with Gasteiger partial charge in [-0.3, -0.25) is 9.69 Å². The van der Waals surface area contributed by atoms with Crippen LogP contribution in [-0.2, 0) is 9.53 Å². The molecule has 1 aliphatic heterocycles. The number of carbonyl (C=O) groups is 2. The summed E-state index contributed by atoms with van der Waals surface area (Å²) in [7, 11) is 0.